The Bertz CT molecular complexity index is 618. The second kappa shape index (κ2) is 7.23. The van der Waals surface area contributed by atoms with Crippen LogP contribution in [0.1, 0.15) is 45.4 Å². The first-order valence-electron chi connectivity index (χ1n) is 9.17. The minimum Gasteiger partial charge on any atom is -0.372 e. The summed E-state index contributed by atoms with van der Waals surface area (Å²) in [6, 6.07) is 0. The smallest absolute Gasteiger partial charge is 0.255 e. The van der Waals surface area contributed by atoms with E-state index in [0.29, 0.717) is 11.9 Å². The Kier molecular flexibility index (Phi) is 5.25. The maximum atomic E-state index is 12.5. The Balaban J connectivity index is 1.78. The minimum absolute atomic E-state index is 0.0327. The van der Waals surface area contributed by atoms with E-state index in [-0.39, 0.29) is 17.8 Å². The van der Waals surface area contributed by atoms with Crippen LogP contribution in [0.2, 0.25) is 0 Å². The number of aromatic nitrogens is 2. The van der Waals surface area contributed by atoms with Crippen molar-refractivity contribution in [3.05, 3.63) is 21.6 Å². The zero-order valence-corrected chi connectivity index (χ0v) is 15.3. The van der Waals surface area contributed by atoms with Crippen LogP contribution in [0.5, 0.6) is 0 Å². The lowest BCUT2D eigenvalue weighted by Crippen LogP contribution is -2.47. The number of H-pyrrole nitrogens is 1. The summed E-state index contributed by atoms with van der Waals surface area (Å²) in [6.07, 6.45) is 2.28. The number of rotatable bonds is 4. The lowest BCUT2D eigenvalue weighted by molar-refractivity contribution is -0.00576. The van der Waals surface area contributed by atoms with Crippen molar-refractivity contribution in [3.63, 3.8) is 0 Å². The van der Waals surface area contributed by atoms with Crippen LogP contribution in [-0.4, -0.2) is 53.3 Å². The first kappa shape index (κ1) is 17.4. The molecule has 0 aromatic carbocycles. The third-order valence-electron chi connectivity index (χ3n) is 4.88. The van der Waals surface area contributed by atoms with Crippen molar-refractivity contribution in [2.75, 3.05) is 31.1 Å². The van der Waals surface area contributed by atoms with Crippen molar-refractivity contribution in [2.45, 2.75) is 59.3 Å². The van der Waals surface area contributed by atoms with Crippen LogP contribution in [0.25, 0.3) is 0 Å². The zero-order valence-electron chi connectivity index (χ0n) is 15.3. The molecule has 0 saturated carbocycles. The molecule has 0 spiro atoms. The lowest BCUT2D eigenvalue weighted by atomic mass is 10.0. The zero-order chi connectivity index (χ0) is 17.3. The molecule has 2 atom stereocenters. The van der Waals surface area contributed by atoms with E-state index >= 15 is 0 Å². The molecule has 0 amide bonds. The maximum Gasteiger partial charge on any atom is 0.255 e. The van der Waals surface area contributed by atoms with Gasteiger partial charge in [-0.15, -0.1) is 0 Å². The monoisotopic (exact) mass is 334 g/mol. The van der Waals surface area contributed by atoms with Gasteiger partial charge >= 0.3 is 0 Å². The van der Waals surface area contributed by atoms with Gasteiger partial charge in [-0.1, -0.05) is 13.8 Å². The Morgan fingerprint density at radius 1 is 1.29 bits per heavy atom. The van der Waals surface area contributed by atoms with Gasteiger partial charge in [0, 0.05) is 31.7 Å². The molecular formula is C18H30N4O2. The summed E-state index contributed by atoms with van der Waals surface area (Å²) < 4.78 is 5.78. The molecule has 3 rings (SSSR count). The number of hydrogen-bond acceptors (Lipinski definition) is 5. The minimum atomic E-state index is 0.0327. The summed E-state index contributed by atoms with van der Waals surface area (Å²) in [5.74, 6) is 1.40. The molecule has 1 aromatic rings. The predicted molar refractivity (Wildman–Crippen MR) is 95.5 cm³/mol. The fourth-order valence-corrected chi connectivity index (χ4v) is 3.61. The molecule has 24 heavy (non-hydrogen) atoms. The van der Waals surface area contributed by atoms with E-state index in [1.54, 1.807) is 0 Å². The molecule has 0 unspecified atom stereocenters. The number of anilines is 1. The number of fused-ring (bicyclic) bond motifs is 1. The van der Waals surface area contributed by atoms with Gasteiger partial charge in [-0.3, -0.25) is 14.7 Å². The molecule has 1 N–H and O–H groups in total. The van der Waals surface area contributed by atoms with E-state index in [0.717, 1.165) is 50.4 Å². The normalized spacial score (nSPS) is 25.1. The molecule has 6 nitrogen and oxygen atoms in total. The molecule has 3 heterocycles. The van der Waals surface area contributed by atoms with Gasteiger partial charge in [-0.05, 0) is 39.2 Å². The molecule has 134 valence electrons. The number of ether oxygens (including phenoxy) is 1. The quantitative estimate of drug-likeness (QED) is 0.909. The molecule has 1 fully saturated rings. The van der Waals surface area contributed by atoms with Crippen LogP contribution in [0.15, 0.2) is 4.79 Å². The van der Waals surface area contributed by atoms with Gasteiger partial charge < -0.3 is 9.64 Å². The summed E-state index contributed by atoms with van der Waals surface area (Å²) in [5.41, 5.74) is 1.86. The van der Waals surface area contributed by atoms with Crippen LogP contribution in [0.3, 0.4) is 0 Å². The molecule has 6 heteroatoms. The summed E-state index contributed by atoms with van der Waals surface area (Å²) >= 11 is 0. The molecule has 2 aliphatic rings. The molecule has 1 aromatic heterocycles. The van der Waals surface area contributed by atoms with Crippen LogP contribution < -0.4 is 10.5 Å². The van der Waals surface area contributed by atoms with Crippen molar-refractivity contribution in [2.24, 2.45) is 5.92 Å². The first-order valence-corrected chi connectivity index (χ1v) is 9.17. The summed E-state index contributed by atoms with van der Waals surface area (Å²) in [5, 5.41) is 0. The molecule has 1 saturated heterocycles. The van der Waals surface area contributed by atoms with Gasteiger partial charge in [0.25, 0.3) is 5.56 Å². The van der Waals surface area contributed by atoms with Crippen LogP contribution >= 0.6 is 0 Å². The molecule has 0 radical (unpaired) electrons. The second-order valence-corrected chi connectivity index (χ2v) is 7.69. The number of aromatic amines is 1. The number of nitrogens with one attached hydrogen (secondary N) is 1. The highest BCUT2D eigenvalue weighted by Gasteiger charge is 2.26. The maximum absolute atomic E-state index is 12.5. The first-order chi connectivity index (χ1) is 11.4. The molecule has 2 aliphatic heterocycles. The van der Waals surface area contributed by atoms with E-state index in [9.17, 15) is 4.79 Å². The summed E-state index contributed by atoms with van der Waals surface area (Å²) in [7, 11) is 0. The Hall–Kier alpha value is -1.40. The fourth-order valence-electron chi connectivity index (χ4n) is 3.61. The van der Waals surface area contributed by atoms with Crippen molar-refractivity contribution in [1.29, 1.82) is 0 Å². The van der Waals surface area contributed by atoms with Gasteiger partial charge in [-0.2, -0.15) is 0 Å². The lowest BCUT2D eigenvalue weighted by Gasteiger charge is -2.36. The van der Waals surface area contributed by atoms with E-state index in [2.05, 4.69) is 42.5 Å². The Morgan fingerprint density at radius 2 is 2.00 bits per heavy atom. The topological polar surface area (TPSA) is 61.5 Å². The SMILES string of the molecule is CC(C)CCN1CCc2c(nc(N3C[C@H](C)O[C@@H](C)C3)[nH]c2=O)C1. The van der Waals surface area contributed by atoms with Crippen LogP contribution in [-0.2, 0) is 17.7 Å². The van der Waals surface area contributed by atoms with E-state index in [1.165, 1.54) is 6.42 Å². The number of hydrogen-bond donors (Lipinski definition) is 1. The van der Waals surface area contributed by atoms with Gasteiger partial charge in [-0.25, -0.2) is 4.98 Å². The highest BCUT2D eigenvalue weighted by Crippen LogP contribution is 2.20. The van der Waals surface area contributed by atoms with Gasteiger partial charge in [0.1, 0.15) is 0 Å². The summed E-state index contributed by atoms with van der Waals surface area (Å²) in [4.78, 5) is 24.9. The third kappa shape index (κ3) is 3.98. The van der Waals surface area contributed by atoms with Crippen molar-refractivity contribution in [3.8, 4) is 0 Å². The van der Waals surface area contributed by atoms with Crippen molar-refractivity contribution >= 4 is 5.95 Å². The van der Waals surface area contributed by atoms with Gasteiger partial charge in [0.2, 0.25) is 5.95 Å². The van der Waals surface area contributed by atoms with E-state index in [1.807, 2.05) is 0 Å². The van der Waals surface area contributed by atoms with Crippen molar-refractivity contribution in [1.82, 2.24) is 14.9 Å². The Labute approximate surface area is 144 Å². The molecule has 0 bridgehead atoms. The van der Waals surface area contributed by atoms with E-state index in [4.69, 9.17) is 9.72 Å². The second-order valence-electron chi connectivity index (χ2n) is 7.69. The number of nitrogens with zero attached hydrogens (tertiary/aromatic N) is 3. The third-order valence-corrected chi connectivity index (χ3v) is 4.88. The number of morpholine rings is 1. The molecular weight excluding hydrogens is 304 g/mol. The molecule has 0 aliphatic carbocycles. The fraction of sp³-hybridized carbons (Fsp3) is 0.778. The van der Waals surface area contributed by atoms with Crippen LogP contribution in [0, 0.1) is 5.92 Å². The van der Waals surface area contributed by atoms with Gasteiger partial charge in [0.05, 0.1) is 17.9 Å². The predicted octanol–water partition coefficient (Wildman–Crippen LogP) is 1.79. The average molecular weight is 334 g/mol. The standard InChI is InChI=1S/C18H30N4O2/c1-12(2)5-7-21-8-6-15-16(11-21)19-18(20-17(15)23)22-9-13(3)24-14(4)10-22/h12-14H,5-11H2,1-4H3,(H,19,20,23)/t13-,14-/m0/s1. The highest BCUT2D eigenvalue weighted by molar-refractivity contribution is 5.35. The van der Waals surface area contributed by atoms with Gasteiger partial charge in [0.15, 0.2) is 0 Å². The Morgan fingerprint density at radius 3 is 2.67 bits per heavy atom. The highest BCUT2D eigenvalue weighted by atomic mass is 16.5. The largest absolute Gasteiger partial charge is 0.372 e. The average Bonchev–Trinajstić information content (AvgIpc) is 2.51. The van der Waals surface area contributed by atoms with Crippen molar-refractivity contribution < 1.29 is 4.74 Å². The van der Waals surface area contributed by atoms with E-state index < -0.39 is 0 Å². The summed E-state index contributed by atoms with van der Waals surface area (Å²) in [6.45, 7) is 13.0. The van der Waals surface area contributed by atoms with Crippen LogP contribution in [0.4, 0.5) is 5.95 Å².